The van der Waals surface area contributed by atoms with Crippen LogP contribution in [-0.4, -0.2) is 19.6 Å². The summed E-state index contributed by atoms with van der Waals surface area (Å²) in [5.74, 6) is 1.22. The Hall–Kier alpha value is -2.01. The molecule has 2 aromatic carbocycles. The van der Waals surface area contributed by atoms with E-state index in [1.54, 1.807) is 7.11 Å². The lowest BCUT2D eigenvalue weighted by atomic mass is 9.93. The molecule has 0 bridgehead atoms. The molecule has 23 heavy (non-hydrogen) atoms. The maximum absolute atomic E-state index is 12.3. The Morgan fingerprint density at radius 3 is 2.74 bits per heavy atom. The Labute approximate surface area is 143 Å². The van der Waals surface area contributed by atoms with E-state index in [1.165, 1.54) is 0 Å². The predicted molar refractivity (Wildman–Crippen MR) is 93.4 cm³/mol. The van der Waals surface area contributed by atoms with E-state index in [9.17, 15) is 4.79 Å². The first-order valence-corrected chi connectivity index (χ1v) is 8.32. The fourth-order valence-corrected chi connectivity index (χ4v) is 3.34. The van der Waals surface area contributed by atoms with Crippen molar-refractivity contribution in [1.82, 2.24) is 0 Å². The number of methoxy groups -OCH3 is 1. The summed E-state index contributed by atoms with van der Waals surface area (Å²) in [6.45, 7) is 2.49. The van der Waals surface area contributed by atoms with E-state index in [4.69, 9.17) is 9.47 Å². The molecule has 0 unspecified atom stereocenters. The van der Waals surface area contributed by atoms with Crippen molar-refractivity contribution in [2.75, 3.05) is 19.0 Å². The number of anilines is 1. The van der Waals surface area contributed by atoms with Crippen LogP contribution in [0.15, 0.2) is 40.9 Å². The molecule has 1 atom stereocenters. The number of fused-ring (bicyclic) bond motifs is 1. The van der Waals surface area contributed by atoms with Gasteiger partial charge in [-0.3, -0.25) is 4.79 Å². The van der Waals surface area contributed by atoms with Crippen LogP contribution in [0.25, 0.3) is 0 Å². The normalized spacial score (nSPS) is 16.0. The monoisotopic (exact) mass is 375 g/mol. The van der Waals surface area contributed by atoms with Gasteiger partial charge in [0.15, 0.2) is 11.5 Å². The highest BCUT2D eigenvalue weighted by atomic mass is 79.9. The Balaban J connectivity index is 1.94. The topological polar surface area (TPSA) is 47.6 Å². The number of carbonyl (C=O) groups is 1. The number of carbonyl (C=O) groups excluding carboxylic acids is 1. The molecule has 1 aliphatic rings. The molecular weight excluding hydrogens is 358 g/mol. The number of para-hydroxylation sites is 1. The van der Waals surface area contributed by atoms with Gasteiger partial charge in [-0.25, -0.2) is 0 Å². The van der Waals surface area contributed by atoms with Crippen molar-refractivity contribution >= 4 is 27.5 Å². The summed E-state index contributed by atoms with van der Waals surface area (Å²) in [5, 5.41) is 2.94. The maximum Gasteiger partial charge on any atom is 0.232 e. The zero-order chi connectivity index (χ0) is 16.4. The van der Waals surface area contributed by atoms with Crippen LogP contribution in [0.4, 0.5) is 5.69 Å². The molecule has 1 heterocycles. The maximum atomic E-state index is 12.3. The molecule has 0 saturated carbocycles. The third kappa shape index (κ3) is 3.06. The molecule has 0 radical (unpaired) electrons. The van der Waals surface area contributed by atoms with Crippen molar-refractivity contribution in [3.05, 3.63) is 52.0 Å². The summed E-state index contributed by atoms with van der Waals surface area (Å²) in [5.41, 5.74) is 2.96. The highest BCUT2D eigenvalue weighted by Gasteiger charge is 2.30. The van der Waals surface area contributed by atoms with E-state index >= 15 is 0 Å². The van der Waals surface area contributed by atoms with Crippen LogP contribution in [0, 0.1) is 0 Å². The quantitative estimate of drug-likeness (QED) is 0.854. The van der Waals surface area contributed by atoms with E-state index in [1.807, 2.05) is 43.3 Å². The van der Waals surface area contributed by atoms with Crippen molar-refractivity contribution in [3.8, 4) is 11.5 Å². The van der Waals surface area contributed by atoms with Crippen molar-refractivity contribution in [3.63, 3.8) is 0 Å². The minimum Gasteiger partial charge on any atom is -0.493 e. The molecule has 120 valence electrons. The van der Waals surface area contributed by atoms with Gasteiger partial charge in [0, 0.05) is 10.2 Å². The third-order valence-corrected chi connectivity index (χ3v) is 4.71. The first kappa shape index (κ1) is 15.9. The Bertz CT molecular complexity index is 745. The summed E-state index contributed by atoms with van der Waals surface area (Å²) in [4.78, 5) is 12.3. The SMILES string of the molecule is CCOc1cc(C[C@H]2C(=O)Nc3ccccc32)c(Br)cc1OC. The molecule has 0 aromatic heterocycles. The van der Waals surface area contributed by atoms with Gasteiger partial charge in [-0.2, -0.15) is 0 Å². The van der Waals surface area contributed by atoms with Crippen LogP contribution in [0.5, 0.6) is 11.5 Å². The molecule has 5 heteroatoms. The third-order valence-electron chi connectivity index (χ3n) is 3.97. The van der Waals surface area contributed by atoms with E-state index < -0.39 is 0 Å². The number of rotatable bonds is 5. The van der Waals surface area contributed by atoms with Crippen LogP contribution in [0.1, 0.15) is 24.0 Å². The summed E-state index contributed by atoms with van der Waals surface area (Å²) in [7, 11) is 1.62. The van der Waals surface area contributed by atoms with Gasteiger partial charge in [0.2, 0.25) is 5.91 Å². The summed E-state index contributed by atoms with van der Waals surface area (Å²) in [6.07, 6.45) is 0.605. The minimum absolute atomic E-state index is 0.0341. The highest BCUT2D eigenvalue weighted by molar-refractivity contribution is 9.10. The second kappa shape index (κ2) is 6.62. The van der Waals surface area contributed by atoms with Gasteiger partial charge in [-0.05, 0) is 42.7 Å². The zero-order valence-corrected chi connectivity index (χ0v) is 14.6. The van der Waals surface area contributed by atoms with E-state index in [2.05, 4.69) is 21.2 Å². The second-order valence-corrected chi connectivity index (χ2v) is 6.22. The predicted octanol–water partition coefficient (Wildman–Crippen LogP) is 4.13. The number of halogens is 1. The van der Waals surface area contributed by atoms with Crippen LogP contribution in [0.2, 0.25) is 0 Å². The molecule has 4 nitrogen and oxygen atoms in total. The number of amides is 1. The average Bonchev–Trinajstić information content (AvgIpc) is 2.86. The molecule has 0 aliphatic carbocycles. The molecule has 3 rings (SSSR count). The summed E-state index contributed by atoms with van der Waals surface area (Å²) >= 11 is 3.57. The van der Waals surface area contributed by atoms with E-state index in [0.717, 1.165) is 21.3 Å². The molecule has 0 fully saturated rings. The van der Waals surface area contributed by atoms with Gasteiger partial charge in [0.1, 0.15) is 0 Å². The standard InChI is InChI=1S/C18H18BrNO3/c1-3-23-17-9-11(14(19)10-16(17)22-2)8-13-12-6-4-5-7-15(12)20-18(13)21/h4-7,9-10,13H,3,8H2,1-2H3,(H,20,21)/t13-/m1/s1. The van der Waals surface area contributed by atoms with Gasteiger partial charge in [-0.15, -0.1) is 0 Å². The molecule has 0 spiro atoms. The van der Waals surface area contributed by atoms with Crippen molar-refractivity contribution in [2.45, 2.75) is 19.3 Å². The summed E-state index contributed by atoms with van der Waals surface area (Å²) in [6, 6.07) is 11.7. The largest absolute Gasteiger partial charge is 0.493 e. The zero-order valence-electron chi connectivity index (χ0n) is 13.1. The van der Waals surface area contributed by atoms with Crippen molar-refractivity contribution < 1.29 is 14.3 Å². The van der Waals surface area contributed by atoms with Crippen molar-refractivity contribution in [2.24, 2.45) is 0 Å². The fraction of sp³-hybridized carbons (Fsp3) is 0.278. The Kier molecular flexibility index (Phi) is 4.57. The first-order valence-electron chi connectivity index (χ1n) is 7.53. The molecule has 1 aliphatic heterocycles. The van der Waals surface area contributed by atoms with E-state index in [-0.39, 0.29) is 11.8 Å². The van der Waals surface area contributed by atoms with Crippen molar-refractivity contribution in [1.29, 1.82) is 0 Å². The minimum atomic E-state index is -0.189. The molecule has 2 aromatic rings. The van der Waals surface area contributed by atoms with Crippen LogP contribution in [0.3, 0.4) is 0 Å². The average molecular weight is 376 g/mol. The lowest BCUT2D eigenvalue weighted by Crippen LogP contribution is -2.14. The Morgan fingerprint density at radius 2 is 2.00 bits per heavy atom. The van der Waals surface area contributed by atoms with Gasteiger partial charge in [-0.1, -0.05) is 34.1 Å². The smallest absolute Gasteiger partial charge is 0.232 e. The first-order chi connectivity index (χ1) is 11.1. The van der Waals surface area contributed by atoms with Crippen LogP contribution in [-0.2, 0) is 11.2 Å². The lowest BCUT2D eigenvalue weighted by molar-refractivity contribution is -0.117. The number of nitrogens with one attached hydrogen (secondary N) is 1. The number of hydrogen-bond donors (Lipinski definition) is 1. The number of ether oxygens (including phenoxy) is 2. The second-order valence-electron chi connectivity index (χ2n) is 5.36. The molecule has 0 saturated heterocycles. The molecular formula is C18H18BrNO3. The number of benzene rings is 2. The molecule has 1 N–H and O–H groups in total. The van der Waals surface area contributed by atoms with Gasteiger partial charge >= 0.3 is 0 Å². The lowest BCUT2D eigenvalue weighted by Gasteiger charge is -2.15. The Morgan fingerprint density at radius 1 is 1.22 bits per heavy atom. The van der Waals surface area contributed by atoms with Gasteiger partial charge in [0.05, 0.1) is 19.6 Å². The van der Waals surface area contributed by atoms with E-state index in [0.29, 0.717) is 24.5 Å². The number of hydrogen-bond acceptors (Lipinski definition) is 3. The fourth-order valence-electron chi connectivity index (χ4n) is 2.86. The van der Waals surface area contributed by atoms with Gasteiger partial charge in [0.25, 0.3) is 0 Å². The van der Waals surface area contributed by atoms with Crippen LogP contribution >= 0.6 is 15.9 Å². The highest BCUT2D eigenvalue weighted by Crippen LogP contribution is 2.39. The molecule has 1 amide bonds. The van der Waals surface area contributed by atoms with Gasteiger partial charge < -0.3 is 14.8 Å². The van der Waals surface area contributed by atoms with Crippen LogP contribution < -0.4 is 14.8 Å². The summed E-state index contributed by atoms with van der Waals surface area (Å²) < 4.78 is 11.9.